The molecule has 1 aromatic carbocycles. The summed E-state index contributed by atoms with van der Waals surface area (Å²) in [6, 6.07) is 6.28. The first-order chi connectivity index (χ1) is 11.9. The van der Waals surface area contributed by atoms with Gasteiger partial charge in [0, 0.05) is 19.7 Å². The van der Waals surface area contributed by atoms with Crippen molar-refractivity contribution in [2.45, 2.75) is 32.5 Å². The number of halogens is 3. The van der Waals surface area contributed by atoms with E-state index < -0.39 is 23.8 Å². The number of alkyl halides is 3. The third-order valence-electron chi connectivity index (χ3n) is 3.28. The van der Waals surface area contributed by atoms with E-state index in [2.05, 4.69) is 14.7 Å². The van der Waals surface area contributed by atoms with Gasteiger partial charge in [-0.2, -0.15) is 18.2 Å². The highest BCUT2D eigenvalue weighted by Gasteiger charge is 2.38. The molecule has 0 N–H and O–H groups in total. The maximum absolute atomic E-state index is 12.5. The molecule has 0 aliphatic carbocycles. The first kappa shape index (κ1) is 19.5. The second-order valence-electron chi connectivity index (χ2n) is 6.50. The molecule has 0 aliphatic rings. The summed E-state index contributed by atoms with van der Waals surface area (Å²) >= 11 is 0. The molecule has 0 aliphatic heterocycles. The van der Waals surface area contributed by atoms with Crippen molar-refractivity contribution in [2.24, 2.45) is 0 Å². The van der Waals surface area contributed by atoms with Crippen LogP contribution < -0.4 is 5.01 Å². The molecule has 7 nitrogen and oxygen atoms in total. The fourth-order valence-corrected chi connectivity index (χ4v) is 1.91. The van der Waals surface area contributed by atoms with Crippen LogP contribution in [0.3, 0.4) is 0 Å². The number of benzene rings is 1. The fraction of sp³-hybridized carbons (Fsp3) is 0.438. The maximum atomic E-state index is 12.5. The zero-order valence-corrected chi connectivity index (χ0v) is 15.0. The molecular weight excluding hydrogens is 353 g/mol. The number of hydrogen-bond donors (Lipinski definition) is 0. The van der Waals surface area contributed by atoms with E-state index in [1.54, 1.807) is 40.0 Å². The maximum Gasteiger partial charge on any atom is 0.471 e. The molecule has 0 saturated heterocycles. The molecule has 0 atom stereocenters. The molecular formula is C16H19F3N4O3. The van der Waals surface area contributed by atoms with Gasteiger partial charge >= 0.3 is 18.2 Å². The average Bonchev–Trinajstić information content (AvgIpc) is 3.02. The highest BCUT2D eigenvalue weighted by molar-refractivity contribution is 5.71. The number of hydrogen-bond acceptors (Lipinski definition) is 6. The molecule has 0 fully saturated rings. The lowest BCUT2D eigenvalue weighted by molar-refractivity contribution is -0.159. The normalized spacial score (nSPS) is 12.0. The average molecular weight is 372 g/mol. The van der Waals surface area contributed by atoms with Crippen molar-refractivity contribution >= 4 is 11.8 Å². The predicted octanol–water partition coefficient (Wildman–Crippen LogP) is 3.97. The van der Waals surface area contributed by atoms with Crippen molar-refractivity contribution in [3.63, 3.8) is 0 Å². The molecule has 0 unspecified atom stereocenters. The molecule has 0 bridgehead atoms. The van der Waals surface area contributed by atoms with Gasteiger partial charge in [-0.25, -0.2) is 9.80 Å². The van der Waals surface area contributed by atoms with E-state index in [1.165, 1.54) is 29.2 Å². The molecule has 0 saturated carbocycles. The third-order valence-corrected chi connectivity index (χ3v) is 3.28. The van der Waals surface area contributed by atoms with Crippen LogP contribution in [0.15, 0.2) is 28.8 Å². The van der Waals surface area contributed by atoms with Gasteiger partial charge < -0.3 is 9.26 Å². The van der Waals surface area contributed by atoms with E-state index in [0.717, 1.165) is 0 Å². The third kappa shape index (κ3) is 4.64. The molecule has 1 amide bonds. The van der Waals surface area contributed by atoms with Crippen LogP contribution >= 0.6 is 0 Å². The first-order valence-corrected chi connectivity index (χ1v) is 7.60. The standard InChI is InChI=1S/C16H19F3N4O3/c1-15(2,3)25-14(24)23(5)22(4)11-8-6-10(7-9-11)12-20-13(26-21-12)16(17,18)19/h6-9H,1-5H3. The molecule has 10 heteroatoms. The number of carbonyl (C=O) groups is 1. The molecule has 142 valence electrons. The van der Waals surface area contributed by atoms with E-state index >= 15 is 0 Å². The molecule has 2 rings (SSSR count). The number of carbonyl (C=O) groups excluding carboxylic acids is 1. The summed E-state index contributed by atoms with van der Waals surface area (Å²) < 4.78 is 47.0. The minimum Gasteiger partial charge on any atom is -0.442 e. The van der Waals surface area contributed by atoms with Crippen molar-refractivity contribution in [3.8, 4) is 11.4 Å². The van der Waals surface area contributed by atoms with Gasteiger partial charge in [0.1, 0.15) is 5.60 Å². The van der Waals surface area contributed by atoms with Gasteiger partial charge in [-0.1, -0.05) is 5.16 Å². The lowest BCUT2D eigenvalue weighted by Crippen LogP contribution is -2.44. The van der Waals surface area contributed by atoms with E-state index in [-0.39, 0.29) is 5.82 Å². The quantitative estimate of drug-likeness (QED) is 0.759. The minimum atomic E-state index is -4.69. The zero-order valence-electron chi connectivity index (χ0n) is 15.0. The van der Waals surface area contributed by atoms with Crippen LogP contribution in [0.5, 0.6) is 0 Å². The summed E-state index contributed by atoms with van der Waals surface area (Å²) in [5, 5.41) is 6.14. The van der Waals surface area contributed by atoms with E-state index in [9.17, 15) is 18.0 Å². The van der Waals surface area contributed by atoms with Gasteiger partial charge in [0.15, 0.2) is 0 Å². The van der Waals surface area contributed by atoms with E-state index in [1.807, 2.05) is 0 Å². The van der Waals surface area contributed by atoms with Crippen LogP contribution in [0, 0.1) is 0 Å². The number of amides is 1. The Labute approximate surface area is 148 Å². The van der Waals surface area contributed by atoms with E-state index in [0.29, 0.717) is 11.3 Å². The van der Waals surface area contributed by atoms with Crippen LogP contribution in [0.4, 0.5) is 23.7 Å². The molecule has 0 spiro atoms. The molecule has 0 radical (unpaired) electrons. The lowest BCUT2D eigenvalue weighted by Gasteiger charge is -2.32. The Morgan fingerprint density at radius 2 is 1.69 bits per heavy atom. The number of hydrazine groups is 1. The smallest absolute Gasteiger partial charge is 0.442 e. The largest absolute Gasteiger partial charge is 0.471 e. The predicted molar refractivity (Wildman–Crippen MR) is 87.1 cm³/mol. The fourth-order valence-electron chi connectivity index (χ4n) is 1.91. The Morgan fingerprint density at radius 1 is 1.12 bits per heavy atom. The second kappa shape index (κ2) is 6.85. The molecule has 1 heterocycles. The van der Waals surface area contributed by atoms with E-state index in [4.69, 9.17) is 4.74 Å². The Bertz CT molecular complexity index is 766. The van der Waals surface area contributed by atoms with Gasteiger partial charge in [-0.3, -0.25) is 5.01 Å². The summed E-state index contributed by atoms with van der Waals surface area (Å²) in [5.74, 6) is -1.58. The molecule has 1 aromatic heterocycles. The van der Waals surface area contributed by atoms with Crippen molar-refractivity contribution in [1.29, 1.82) is 0 Å². The molecule has 26 heavy (non-hydrogen) atoms. The van der Waals surface area contributed by atoms with Crippen LogP contribution in [-0.2, 0) is 10.9 Å². The van der Waals surface area contributed by atoms with Gasteiger partial charge in [-0.05, 0) is 45.0 Å². The molecule has 2 aromatic rings. The lowest BCUT2D eigenvalue weighted by atomic mass is 10.2. The summed E-state index contributed by atoms with van der Waals surface area (Å²) in [7, 11) is 3.19. The SMILES string of the molecule is CN(C(=O)OC(C)(C)C)N(C)c1ccc(-c2noc(C(F)(F)F)n2)cc1. The van der Waals surface area contributed by atoms with Crippen molar-refractivity contribution < 1.29 is 27.2 Å². The number of ether oxygens (including phenoxy) is 1. The van der Waals surface area contributed by atoms with Crippen molar-refractivity contribution in [3.05, 3.63) is 30.2 Å². The Hall–Kier alpha value is -2.78. The number of rotatable bonds is 3. The summed E-state index contributed by atoms with van der Waals surface area (Å²) in [6.45, 7) is 5.27. The summed E-state index contributed by atoms with van der Waals surface area (Å²) in [5.41, 5.74) is 0.327. The van der Waals surface area contributed by atoms with Crippen LogP contribution in [0.25, 0.3) is 11.4 Å². The minimum absolute atomic E-state index is 0.174. The highest BCUT2D eigenvalue weighted by Crippen LogP contribution is 2.30. The van der Waals surface area contributed by atoms with Gasteiger partial charge in [0.05, 0.1) is 5.69 Å². The Kier molecular flexibility index (Phi) is 5.15. The topological polar surface area (TPSA) is 71.7 Å². The first-order valence-electron chi connectivity index (χ1n) is 7.60. The van der Waals surface area contributed by atoms with Crippen LogP contribution in [0.2, 0.25) is 0 Å². The number of anilines is 1. The second-order valence-corrected chi connectivity index (χ2v) is 6.50. The zero-order chi connectivity index (χ0) is 19.7. The Morgan fingerprint density at radius 3 is 2.15 bits per heavy atom. The van der Waals surface area contributed by atoms with Crippen molar-refractivity contribution in [2.75, 3.05) is 19.1 Å². The highest BCUT2D eigenvalue weighted by atomic mass is 19.4. The van der Waals surface area contributed by atoms with Crippen LogP contribution in [-0.4, -0.2) is 40.9 Å². The Balaban J connectivity index is 2.13. The van der Waals surface area contributed by atoms with Gasteiger partial charge in [-0.15, -0.1) is 0 Å². The van der Waals surface area contributed by atoms with Gasteiger partial charge in [0.2, 0.25) is 5.82 Å². The summed E-state index contributed by atoms with van der Waals surface area (Å²) in [4.78, 5) is 15.4. The monoisotopic (exact) mass is 372 g/mol. The van der Waals surface area contributed by atoms with Crippen LogP contribution in [0.1, 0.15) is 26.7 Å². The van der Waals surface area contributed by atoms with Crippen molar-refractivity contribution in [1.82, 2.24) is 15.1 Å². The van der Waals surface area contributed by atoms with Gasteiger partial charge in [0.25, 0.3) is 0 Å². The summed E-state index contributed by atoms with van der Waals surface area (Å²) in [6.07, 6.45) is -5.24. The number of nitrogens with zero attached hydrogens (tertiary/aromatic N) is 4. The number of aromatic nitrogens is 2.